The van der Waals surface area contributed by atoms with Crippen molar-refractivity contribution in [3.63, 3.8) is 0 Å². The summed E-state index contributed by atoms with van der Waals surface area (Å²) in [6.45, 7) is 7.86. The number of nitrogens with one attached hydrogen (secondary N) is 1. The fraction of sp³-hybridized carbons (Fsp3) is 0.917. The summed E-state index contributed by atoms with van der Waals surface area (Å²) in [5.74, 6) is 0.681. The molecule has 1 N–H and O–H groups in total. The van der Waals surface area contributed by atoms with E-state index in [4.69, 9.17) is 4.74 Å². The molecule has 0 radical (unpaired) electrons. The Hall–Kier alpha value is -0.570. The SMILES string of the molecule is CC(C)(C)OC(=O)CC12CCC1CNC2. The third-order valence-corrected chi connectivity index (χ3v) is 3.64. The summed E-state index contributed by atoms with van der Waals surface area (Å²) in [6, 6.07) is 0. The Morgan fingerprint density at radius 2 is 2.27 bits per heavy atom. The van der Waals surface area contributed by atoms with Gasteiger partial charge in [0.1, 0.15) is 5.60 Å². The van der Waals surface area contributed by atoms with E-state index in [1.807, 2.05) is 20.8 Å². The standard InChI is InChI=1S/C12H21NO2/c1-11(2,3)15-10(14)6-12-5-4-9(12)7-13-8-12/h9,13H,4-8H2,1-3H3. The van der Waals surface area contributed by atoms with Gasteiger partial charge >= 0.3 is 5.97 Å². The maximum absolute atomic E-state index is 11.7. The number of hydrogen-bond acceptors (Lipinski definition) is 3. The fourth-order valence-corrected chi connectivity index (χ4v) is 2.76. The van der Waals surface area contributed by atoms with Crippen molar-refractivity contribution in [1.82, 2.24) is 5.32 Å². The van der Waals surface area contributed by atoms with Gasteiger partial charge in [0.05, 0.1) is 6.42 Å². The van der Waals surface area contributed by atoms with E-state index in [0.717, 1.165) is 13.1 Å². The number of rotatable bonds is 2. The average molecular weight is 211 g/mol. The molecule has 2 rings (SSSR count). The van der Waals surface area contributed by atoms with Crippen LogP contribution in [0.15, 0.2) is 0 Å². The Morgan fingerprint density at radius 1 is 1.53 bits per heavy atom. The van der Waals surface area contributed by atoms with Crippen molar-refractivity contribution in [2.75, 3.05) is 13.1 Å². The lowest BCUT2D eigenvalue weighted by Gasteiger charge is -2.43. The summed E-state index contributed by atoms with van der Waals surface area (Å²) < 4.78 is 5.38. The molecule has 1 aliphatic heterocycles. The number of carbonyl (C=O) groups is 1. The molecule has 1 aliphatic carbocycles. The minimum atomic E-state index is -0.348. The molecule has 1 heterocycles. The lowest BCUT2D eigenvalue weighted by atomic mass is 9.60. The molecule has 3 heteroatoms. The first-order valence-electron chi connectivity index (χ1n) is 5.84. The van der Waals surface area contributed by atoms with Crippen molar-refractivity contribution in [3.8, 4) is 0 Å². The Bertz CT molecular complexity index is 269. The highest BCUT2D eigenvalue weighted by molar-refractivity contribution is 5.71. The van der Waals surface area contributed by atoms with E-state index >= 15 is 0 Å². The van der Waals surface area contributed by atoms with Gasteiger partial charge in [-0.15, -0.1) is 0 Å². The molecule has 3 nitrogen and oxygen atoms in total. The van der Waals surface area contributed by atoms with Gasteiger partial charge in [0.2, 0.25) is 0 Å². The van der Waals surface area contributed by atoms with E-state index < -0.39 is 0 Å². The van der Waals surface area contributed by atoms with Crippen LogP contribution in [0.25, 0.3) is 0 Å². The molecule has 2 aliphatic rings. The summed E-state index contributed by atoms with van der Waals surface area (Å²) in [7, 11) is 0. The Morgan fingerprint density at radius 3 is 2.73 bits per heavy atom. The zero-order chi connectivity index (χ0) is 11.1. The minimum absolute atomic E-state index is 0.0316. The molecule has 0 spiro atoms. The Kier molecular flexibility index (Phi) is 2.53. The third kappa shape index (κ3) is 2.17. The molecular formula is C12H21NO2. The van der Waals surface area contributed by atoms with Crippen molar-refractivity contribution in [2.45, 2.75) is 45.6 Å². The van der Waals surface area contributed by atoms with Gasteiger partial charge in [0.15, 0.2) is 0 Å². The third-order valence-electron chi connectivity index (χ3n) is 3.64. The number of ether oxygens (including phenoxy) is 1. The molecular weight excluding hydrogens is 190 g/mol. The van der Waals surface area contributed by atoms with Crippen LogP contribution in [0.2, 0.25) is 0 Å². The van der Waals surface area contributed by atoms with E-state index in [9.17, 15) is 4.79 Å². The van der Waals surface area contributed by atoms with Crippen LogP contribution in [0.4, 0.5) is 0 Å². The molecule has 2 atom stereocenters. The molecule has 0 bridgehead atoms. The maximum atomic E-state index is 11.7. The second-order valence-electron chi connectivity index (χ2n) is 5.99. The fourth-order valence-electron chi connectivity index (χ4n) is 2.76. The topological polar surface area (TPSA) is 38.3 Å². The smallest absolute Gasteiger partial charge is 0.306 e. The molecule has 2 fully saturated rings. The molecule has 0 aromatic heterocycles. The zero-order valence-electron chi connectivity index (χ0n) is 9.93. The minimum Gasteiger partial charge on any atom is -0.460 e. The number of hydrogen-bond donors (Lipinski definition) is 1. The first-order valence-corrected chi connectivity index (χ1v) is 5.84. The van der Waals surface area contributed by atoms with E-state index in [-0.39, 0.29) is 17.0 Å². The van der Waals surface area contributed by atoms with E-state index in [0.29, 0.717) is 12.3 Å². The number of carbonyl (C=O) groups excluding carboxylic acids is 1. The largest absolute Gasteiger partial charge is 0.460 e. The predicted molar refractivity (Wildman–Crippen MR) is 58.5 cm³/mol. The molecule has 15 heavy (non-hydrogen) atoms. The van der Waals surface area contributed by atoms with Crippen molar-refractivity contribution in [2.24, 2.45) is 11.3 Å². The summed E-state index contributed by atoms with van der Waals surface area (Å²) >= 11 is 0. The highest BCUT2D eigenvalue weighted by Gasteiger charge is 2.51. The van der Waals surface area contributed by atoms with Crippen LogP contribution >= 0.6 is 0 Å². The second kappa shape index (κ2) is 3.48. The lowest BCUT2D eigenvalue weighted by Crippen LogP contribution is -2.42. The molecule has 0 aromatic carbocycles. The molecule has 2 unspecified atom stereocenters. The Balaban J connectivity index is 1.89. The molecule has 0 amide bonds. The van der Waals surface area contributed by atoms with Crippen LogP contribution in [-0.4, -0.2) is 24.7 Å². The average Bonchev–Trinajstić information content (AvgIpc) is 2.27. The van der Waals surface area contributed by atoms with Gasteiger partial charge in [0, 0.05) is 6.54 Å². The number of fused-ring (bicyclic) bond motifs is 1. The monoisotopic (exact) mass is 211 g/mol. The van der Waals surface area contributed by atoms with E-state index in [1.165, 1.54) is 12.8 Å². The van der Waals surface area contributed by atoms with E-state index in [2.05, 4.69) is 5.32 Å². The molecule has 1 saturated carbocycles. The summed E-state index contributed by atoms with van der Waals surface area (Å²) in [5.41, 5.74) is -0.110. The highest BCUT2D eigenvalue weighted by atomic mass is 16.6. The van der Waals surface area contributed by atoms with Crippen LogP contribution in [0.5, 0.6) is 0 Å². The first-order chi connectivity index (χ1) is 6.91. The summed E-state index contributed by atoms with van der Waals surface area (Å²) in [4.78, 5) is 11.7. The van der Waals surface area contributed by atoms with Crippen molar-refractivity contribution < 1.29 is 9.53 Å². The molecule has 0 aromatic rings. The van der Waals surface area contributed by atoms with Crippen molar-refractivity contribution >= 4 is 5.97 Å². The normalized spacial score (nSPS) is 34.5. The van der Waals surface area contributed by atoms with E-state index in [1.54, 1.807) is 0 Å². The first kappa shape index (κ1) is 10.9. The van der Waals surface area contributed by atoms with Gasteiger partial charge in [-0.2, -0.15) is 0 Å². The molecule has 1 saturated heterocycles. The van der Waals surface area contributed by atoms with Crippen LogP contribution in [-0.2, 0) is 9.53 Å². The highest BCUT2D eigenvalue weighted by Crippen LogP contribution is 2.51. The van der Waals surface area contributed by atoms with Gasteiger partial charge in [-0.05, 0) is 51.5 Å². The van der Waals surface area contributed by atoms with Gasteiger partial charge in [-0.25, -0.2) is 0 Å². The van der Waals surface area contributed by atoms with Gasteiger partial charge in [0.25, 0.3) is 0 Å². The predicted octanol–water partition coefficient (Wildman–Crippen LogP) is 1.72. The van der Waals surface area contributed by atoms with Gasteiger partial charge in [-0.1, -0.05) is 0 Å². The summed E-state index contributed by atoms with van der Waals surface area (Å²) in [6.07, 6.45) is 3.06. The van der Waals surface area contributed by atoms with Crippen LogP contribution < -0.4 is 5.32 Å². The van der Waals surface area contributed by atoms with Crippen LogP contribution in [0.1, 0.15) is 40.0 Å². The second-order valence-corrected chi connectivity index (χ2v) is 5.99. The zero-order valence-corrected chi connectivity index (χ0v) is 9.93. The Labute approximate surface area is 91.6 Å². The summed E-state index contributed by atoms with van der Waals surface area (Å²) in [5, 5.41) is 3.39. The van der Waals surface area contributed by atoms with Crippen molar-refractivity contribution in [1.29, 1.82) is 0 Å². The number of esters is 1. The van der Waals surface area contributed by atoms with Gasteiger partial charge in [-0.3, -0.25) is 4.79 Å². The van der Waals surface area contributed by atoms with Crippen molar-refractivity contribution in [3.05, 3.63) is 0 Å². The van der Waals surface area contributed by atoms with Crippen LogP contribution in [0.3, 0.4) is 0 Å². The lowest BCUT2D eigenvalue weighted by molar-refractivity contribution is -0.160. The maximum Gasteiger partial charge on any atom is 0.306 e. The van der Waals surface area contributed by atoms with Gasteiger partial charge < -0.3 is 10.1 Å². The van der Waals surface area contributed by atoms with Crippen LogP contribution in [0, 0.1) is 11.3 Å². The quantitative estimate of drug-likeness (QED) is 0.707. The molecule has 86 valence electrons.